The molecule has 3 aromatic rings. The van der Waals surface area contributed by atoms with E-state index in [2.05, 4.69) is 51.5 Å². The minimum Gasteiger partial charge on any atom is -0.378 e. The van der Waals surface area contributed by atoms with Crippen molar-refractivity contribution in [2.24, 2.45) is 5.41 Å². The van der Waals surface area contributed by atoms with Gasteiger partial charge in [-0.2, -0.15) is 5.10 Å². The number of hydrogen-bond acceptors (Lipinski definition) is 6. The van der Waals surface area contributed by atoms with Crippen LogP contribution in [-0.2, 0) is 4.74 Å². The Hall–Kier alpha value is -3.46. The first kappa shape index (κ1) is 23.7. The van der Waals surface area contributed by atoms with Gasteiger partial charge in [-0.05, 0) is 42.7 Å². The Bertz CT molecular complexity index is 1160. The van der Waals surface area contributed by atoms with Gasteiger partial charge in [-0.1, -0.05) is 20.8 Å². The molecule has 0 unspecified atom stereocenters. The van der Waals surface area contributed by atoms with Gasteiger partial charge in [0.2, 0.25) is 0 Å². The van der Waals surface area contributed by atoms with E-state index in [1.807, 2.05) is 19.1 Å². The molecule has 1 saturated heterocycles. The van der Waals surface area contributed by atoms with Crippen molar-refractivity contribution in [2.75, 3.05) is 43.1 Å². The summed E-state index contributed by atoms with van der Waals surface area (Å²) in [5, 5.41) is 13.3. The number of H-pyrrole nitrogens is 1. The minimum atomic E-state index is -0.315. The van der Waals surface area contributed by atoms with Gasteiger partial charge in [0.25, 0.3) is 5.91 Å². The molecule has 1 fully saturated rings. The number of aromatic nitrogens is 3. The molecule has 3 heterocycles. The average Bonchev–Trinajstić information content (AvgIpc) is 3.29. The zero-order valence-corrected chi connectivity index (χ0v) is 20.0. The number of nitrogens with one attached hydrogen (secondary N) is 3. The van der Waals surface area contributed by atoms with Crippen LogP contribution in [0.1, 0.15) is 37.0 Å². The second kappa shape index (κ2) is 9.80. The molecule has 1 aliphatic rings. The molecule has 1 aliphatic heterocycles. The Labute approximate surface area is 198 Å². The molecule has 0 spiro atoms. The number of hydrogen-bond donors (Lipinski definition) is 3. The Morgan fingerprint density at radius 1 is 1.15 bits per heavy atom. The lowest BCUT2D eigenvalue weighted by Gasteiger charge is -2.29. The van der Waals surface area contributed by atoms with E-state index in [4.69, 9.17) is 4.74 Å². The number of aryl methyl sites for hydroxylation is 1. The third-order valence-electron chi connectivity index (χ3n) is 5.51. The quantitative estimate of drug-likeness (QED) is 0.502. The van der Waals surface area contributed by atoms with Crippen molar-refractivity contribution in [1.82, 2.24) is 20.5 Å². The van der Waals surface area contributed by atoms with E-state index in [0.29, 0.717) is 42.5 Å². The minimum absolute atomic E-state index is 0.0163. The van der Waals surface area contributed by atoms with Crippen LogP contribution in [0.5, 0.6) is 0 Å². The number of amides is 1. The van der Waals surface area contributed by atoms with Crippen molar-refractivity contribution in [3.05, 3.63) is 53.7 Å². The molecule has 3 N–H and O–H groups in total. The van der Waals surface area contributed by atoms with Gasteiger partial charge in [-0.25, -0.2) is 4.39 Å². The van der Waals surface area contributed by atoms with Crippen LogP contribution in [-0.4, -0.2) is 53.9 Å². The summed E-state index contributed by atoms with van der Waals surface area (Å²) >= 11 is 0. The second-order valence-electron chi connectivity index (χ2n) is 9.69. The summed E-state index contributed by atoms with van der Waals surface area (Å²) in [6.45, 7) is 11.3. The number of halogens is 1. The standard InChI is InChI=1S/C25H31FN6O2/c1-16-21(22-13-23(31-30-22)24(33)28-15-25(2,3)4)12-19(14-27-16)29-18-9-17(26)10-20(11-18)32-5-7-34-8-6-32/h9-14,29H,5-8,15H2,1-4H3,(H,28,33)(H,30,31). The fraction of sp³-hybridized carbons (Fsp3) is 0.400. The van der Waals surface area contributed by atoms with Crippen molar-refractivity contribution >= 4 is 23.0 Å². The van der Waals surface area contributed by atoms with Crippen LogP contribution >= 0.6 is 0 Å². The molecule has 0 aliphatic carbocycles. The molecule has 4 rings (SSSR count). The van der Waals surface area contributed by atoms with Crippen LogP contribution in [0.4, 0.5) is 21.5 Å². The maximum absolute atomic E-state index is 14.3. The van der Waals surface area contributed by atoms with E-state index >= 15 is 0 Å². The van der Waals surface area contributed by atoms with Crippen molar-refractivity contribution in [2.45, 2.75) is 27.7 Å². The number of anilines is 3. The molecule has 0 saturated carbocycles. The fourth-order valence-corrected chi connectivity index (χ4v) is 3.69. The first-order valence-electron chi connectivity index (χ1n) is 11.4. The van der Waals surface area contributed by atoms with Gasteiger partial charge in [-0.15, -0.1) is 0 Å². The largest absolute Gasteiger partial charge is 0.378 e. The lowest BCUT2D eigenvalue weighted by molar-refractivity contribution is 0.0934. The van der Waals surface area contributed by atoms with Crippen LogP contribution in [0.3, 0.4) is 0 Å². The van der Waals surface area contributed by atoms with Gasteiger partial charge in [0.05, 0.1) is 30.8 Å². The van der Waals surface area contributed by atoms with E-state index in [9.17, 15) is 9.18 Å². The second-order valence-corrected chi connectivity index (χ2v) is 9.69. The van der Waals surface area contributed by atoms with E-state index in [-0.39, 0.29) is 17.1 Å². The molecule has 2 aromatic heterocycles. The summed E-state index contributed by atoms with van der Waals surface area (Å²) < 4.78 is 19.7. The van der Waals surface area contributed by atoms with Crippen LogP contribution < -0.4 is 15.5 Å². The third-order valence-corrected chi connectivity index (χ3v) is 5.51. The van der Waals surface area contributed by atoms with Gasteiger partial charge in [0, 0.05) is 42.3 Å². The zero-order chi connectivity index (χ0) is 24.3. The molecule has 0 radical (unpaired) electrons. The lowest BCUT2D eigenvalue weighted by atomic mass is 9.97. The number of rotatable bonds is 6. The highest BCUT2D eigenvalue weighted by Gasteiger charge is 2.17. The predicted molar refractivity (Wildman–Crippen MR) is 131 cm³/mol. The number of benzene rings is 1. The molecule has 8 nitrogen and oxygen atoms in total. The highest BCUT2D eigenvalue weighted by molar-refractivity contribution is 5.93. The molecule has 1 aromatic carbocycles. The fourth-order valence-electron chi connectivity index (χ4n) is 3.69. The van der Waals surface area contributed by atoms with E-state index in [0.717, 1.165) is 30.0 Å². The highest BCUT2D eigenvalue weighted by atomic mass is 19.1. The molecule has 0 atom stereocenters. The normalized spacial score (nSPS) is 14.2. The lowest BCUT2D eigenvalue weighted by Crippen LogP contribution is -2.36. The van der Waals surface area contributed by atoms with E-state index in [1.165, 1.54) is 12.1 Å². The number of pyridine rings is 1. The van der Waals surface area contributed by atoms with Gasteiger partial charge in [0.15, 0.2) is 0 Å². The molecular formula is C25H31FN6O2. The Kier molecular flexibility index (Phi) is 6.83. The molecule has 9 heteroatoms. The Balaban J connectivity index is 1.53. The predicted octanol–water partition coefficient (Wildman–Crippen LogP) is 4.28. The number of nitrogens with zero attached hydrogens (tertiary/aromatic N) is 3. The number of carbonyl (C=O) groups excluding carboxylic acids is 1. The summed E-state index contributed by atoms with van der Waals surface area (Å²) in [5.74, 6) is -0.519. The summed E-state index contributed by atoms with van der Waals surface area (Å²) in [6, 6.07) is 8.51. The van der Waals surface area contributed by atoms with Crippen molar-refractivity contribution < 1.29 is 13.9 Å². The summed E-state index contributed by atoms with van der Waals surface area (Å²) in [7, 11) is 0. The Morgan fingerprint density at radius 2 is 1.91 bits per heavy atom. The van der Waals surface area contributed by atoms with Gasteiger partial charge in [0.1, 0.15) is 11.5 Å². The average molecular weight is 467 g/mol. The topological polar surface area (TPSA) is 95.2 Å². The van der Waals surface area contributed by atoms with E-state index in [1.54, 1.807) is 12.3 Å². The van der Waals surface area contributed by atoms with Crippen molar-refractivity contribution in [3.63, 3.8) is 0 Å². The molecule has 180 valence electrons. The van der Waals surface area contributed by atoms with Crippen LogP contribution in [0.15, 0.2) is 36.5 Å². The zero-order valence-electron chi connectivity index (χ0n) is 20.0. The Morgan fingerprint density at radius 3 is 2.65 bits per heavy atom. The number of morpholine rings is 1. The first-order valence-corrected chi connectivity index (χ1v) is 11.4. The maximum Gasteiger partial charge on any atom is 0.269 e. The smallest absolute Gasteiger partial charge is 0.269 e. The monoisotopic (exact) mass is 466 g/mol. The third kappa shape index (κ3) is 5.91. The maximum atomic E-state index is 14.3. The molecule has 34 heavy (non-hydrogen) atoms. The van der Waals surface area contributed by atoms with Crippen molar-refractivity contribution in [1.29, 1.82) is 0 Å². The summed E-state index contributed by atoms with van der Waals surface area (Å²) in [5.41, 5.74) is 4.66. The summed E-state index contributed by atoms with van der Waals surface area (Å²) in [4.78, 5) is 19.0. The highest BCUT2D eigenvalue weighted by Crippen LogP contribution is 2.28. The number of aromatic amines is 1. The van der Waals surface area contributed by atoms with Gasteiger partial charge in [-0.3, -0.25) is 14.9 Å². The molecule has 0 bridgehead atoms. The SMILES string of the molecule is Cc1ncc(Nc2cc(F)cc(N3CCOCC3)c2)cc1-c1cc(C(=O)NCC(C)(C)C)[nH]n1. The van der Waals surface area contributed by atoms with Crippen LogP contribution in [0.2, 0.25) is 0 Å². The van der Waals surface area contributed by atoms with E-state index < -0.39 is 0 Å². The first-order chi connectivity index (χ1) is 16.2. The van der Waals surface area contributed by atoms with Crippen LogP contribution in [0, 0.1) is 18.2 Å². The molecule has 1 amide bonds. The van der Waals surface area contributed by atoms with Gasteiger partial charge >= 0.3 is 0 Å². The molecular weight excluding hydrogens is 435 g/mol. The number of ether oxygens (including phenoxy) is 1. The number of carbonyl (C=O) groups is 1. The van der Waals surface area contributed by atoms with Crippen molar-refractivity contribution in [3.8, 4) is 11.3 Å². The van der Waals surface area contributed by atoms with Crippen LogP contribution in [0.25, 0.3) is 11.3 Å². The summed E-state index contributed by atoms with van der Waals surface area (Å²) in [6.07, 6.45) is 1.70. The van der Waals surface area contributed by atoms with Gasteiger partial charge < -0.3 is 20.3 Å².